The van der Waals surface area contributed by atoms with Gasteiger partial charge in [-0.1, -0.05) is 32.9 Å². The van der Waals surface area contributed by atoms with Crippen molar-refractivity contribution in [3.63, 3.8) is 0 Å². The summed E-state index contributed by atoms with van der Waals surface area (Å²) in [5.41, 5.74) is 3.90. The minimum Gasteiger partial charge on any atom is -0.293 e. The van der Waals surface area contributed by atoms with Crippen molar-refractivity contribution in [3.05, 3.63) is 35.7 Å². The molecule has 0 unspecified atom stereocenters. The number of rotatable bonds is 1. The van der Waals surface area contributed by atoms with Gasteiger partial charge in [-0.2, -0.15) is 0 Å². The quantitative estimate of drug-likeness (QED) is 0.704. The van der Waals surface area contributed by atoms with Gasteiger partial charge in [0.25, 0.3) is 0 Å². The highest BCUT2D eigenvalue weighted by Gasteiger charge is 2.20. The van der Waals surface area contributed by atoms with Crippen LogP contribution in [0.15, 0.2) is 29.4 Å². The van der Waals surface area contributed by atoms with Crippen LogP contribution in [0.3, 0.4) is 0 Å². The molecular weight excluding hydrogens is 196 g/mol. The van der Waals surface area contributed by atoms with E-state index in [-0.39, 0.29) is 5.41 Å². The summed E-state index contributed by atoms with van der Waals surface area (Å²) in [6.45, 7) is 7.47. The molecule has 0 fully saturated rings. The molecular formula is C14H18N2. The number of pyridine rings is 1. The Morgan fingerprint density at radius 1 is 1.25 bits per heavy atom. The molecule has 0 saturated heterocycles. The van der Waals surface area contributed by atoms with Gasteiger partial charge in [0.05, 0.1) is 12.2 Å². The summed E-state index contributed by atoms with van der Waals surface area (Å²) in [6.07, 6.45) is 6.94. The second kappa shape index (κ2) is 4.20. The number of allylic oxidation sites excluding steroid dienone is 1. The van der Waals surface area contributed by atoms with Gasteiger partial charge >= 0.3 is 0 Å². The molecule has 0 aliphatic carbocycles. The summed E-state index contributed by atoms with van der Waals surface area (Å²) in [6, 6.07) is 4.19. The van der Waals surface area contributed by atoms with Crippen molar-refractivity contribution in [1.29, 1.82) is 0 Å². The lowest BCUT2D eigenvalue weighted by Crippen LogP contribution is -2.15. The molecule has 0 atom stereocenters. The molecule has 2 heteroatoms. The Kier molecular flexibility index (Phi) is 2.90. The second-order valence-electron chi connectivity index (χ2n) is 5.13. The summed E-state index contributed by atoms with van der Waals surface area (Å²) in [4.78, 5) is 8.75. The van der Waals surface area contributed by atoms with E-state index in [1.54, 1.807) is 0 Å². The van der Waals surface area contributed by atoms with Gasteiger partial charge in [0, 0.05) is 18.8 Å². The third kappa shape index (κ3) is 2.21. The summed E-state index contributed by atoms with van der Waals surface area (Å²) in [5, 5.41) is 0. The van der Waals surface area contributed by atoms with Gasteiger partial charge in [-0.15, -0.1) is 0 Å². The normalized spacial score (nSPS) is 16.1. The molecule has 2 nitrogen and oxygen atoms in total. The molecule has 0 N–H and O–H groups in total. The Morgan fingerprint density at radius 3 is 2.69 bits per heavy atom. The highest BCUT2D eigenvalue weighted by molar-refractivity contribution is 5.81. The van der Waals surface area contributed by atoms with Crippen LogP contribution in [-0.4, -0.2) is 17.7 Å². The molecule has 0 radical (unpaired) electrons. The lowest BCUT2D eigenvalue weighted by atomic mass is 9.83. The third-order valence-electron chi connectivity index (χ3n) is 2.80. The fourth-order valence-electron chi connectivity index (χ4n) is 1.94. The molecule has 0 spiro atoms. The first-order valence-electron chi connectivity index (χ1n) is 5.72. The summed E-state index contributed by atoms with van der Waals surface area (Å²) in [5.74, 6) is 0. The maximum absolute atomic E-state index is 4.54. The maximum Gasteiger partial charge on any atom is 0.0700 e. The van der Waals surface area contributed by atoms with Crippen molar-refractivity contribution in [1.82, 2.24) is 4.98 Å². The lowest BCUT2D eigenvalue weighted by molar-refractivity contribution is 0.585. The summed E-state index contributed by atoms with van der Waals surface area (Å²) in [7, 11) is 0. The van der Waals surface area contributed by atoms with E-state index in [2.05, 4.69) is 42.9 Å². The van der Waals surface area contributed by atoms with Gasteiger partial charge < -0.3 is 0 Å². The average Bonchev–Trinajstić information content (AvgIpc) is 2.29. The maximum atomic E-state index is 4.54. The monoisotopic (exact) mass is 214 g/mol. The van der Waals surface area contributed by atoms with Crippen LogP contribution in [0.2, 0.25) is 0 Å². The zero-order chi connectivity index (χ0) is 11.6. The van der Waals surface area contributed by atoms with Crippen LogP contribution >= 0.6 is 0 Å². The largest absolute Gasteiger partial charge is 0.293 e. The molecule has 16 heavy (non-hydrogen) atoms. The predicted molar refractivity (Wildman–Crippen MR) is 68.9 cm³/mol. The van der Waals surface area contributed by atoms with Crippen LogP contribution in [0, 0.1) is 0 Å². The van der Waals surface area contributed by atoms with Gasteiger partial charge in [-0.25, -0.2) is 0 Å². The smallest absolute Gasteiger partial charge is 0.0700 e. The topological polar surface area (TPSA) is 25.2 Å². The van der Waals surface area contributed by atoms with Gasteiger partial charge in [-0.05, 0) is 22.6 Å². The van der Waals surface area contributed by atoms with E-state index >= 15 is 0 Å². The lowest BCUT2D eigenvalue weighted by Gasteiger charge is -2.23. The predicted octanol–water partition coefficient (Wildman–Crippen LogP) is 3.24. The van der Waals surface area contributed by atoms with Gasteiger partial charge in [0.2, 0.25) is 0 Å². The van der Waals surface area contributed by atoms with Crippen LogP contribution in [0.4, 0.5) is 0 Å². The van der Waals surface area contributed by atoms with E-state index < -0.39 is 0 Å². The van der Waals surface area contributed by atoms with Gasteiger partial charge in [-0.3, -0.25) is 9.98 Å². The number of aliphatic imine (C=N–C) groups is 1. The molecule has 2 rings (SSSR count). The molecule has 1 aliphatic rings. The standard InChI is InChI=1S/C14H18N2/c1-14(2,3)12-5-4-8-16-13(12)11-6-9-15-10-7-11/h4-6,8,10H,7,9H2,1-3H3. The number of hydrogen-bond donors (Lipinski definition) is 0. The van der Waals surface area contributed by atoms with E-state index in [9.17, 15) is 0 Å². The van der Waals surface area contributed by atoms with Crippen molar-refractivity contribution in [3.8, 4) is 0 Å². The molecule has 0 saturated carbocycles. The van der Waals surface area contributed by atoms with Crippen molar-refractivity contribution < 1.29 is 0 Å². The molecule has 84 valence electrons. The highest BCUT2D eigenvalue weighted by Crippen LogP contribution is 2.30. The molecule has 1 aromatic heterocycles. The van der Waals surface area contributed by atoms with E-state index in [1.807, 2.05) is 18.5 Å². The molecule has 1 aliphatic heterocycles. The van der Waals surface area contributed by atoms with Crippen LogP contribution in [0.5, 0.6) is 0 Å². The minimum absolute atomic E-state index is 0.138. The molecule has 2 heterocycles. The zero-order valence-corrected chi connectivity index (χ0v) is 10.2. The number of aromatic nitrogens is 1. The zero-order valence-electron chi connectivity index (χ0n) is 10.2. The fourth-order valence-corrected chi connectivity index (χ4v) is 1.94. The molecule has 0 amide bonds. The van der Waals surface area contributed by atoms with E-state index in [0.29, 0.717) is 0 Å². The SMILES string of the molecule is CC(C)(C)c1cccnc1C1=CCN=CC1. The van der Waals surface area contributed by atoms with Crippen LogP contribution < -0.4 is 0 Å². The fraction of sp³-hybridized carbons (Fsp3) is 0.429. The Bertz CT molecular complexity index is 436. The Labute approximate surface area is 97.1 Å². The summed E-state index contributed by atoms with van der Waals surface area (Å²) < 4.78 is 0. The highest BCUT2D eigenvalue weighted by atomic mass is 14.7. The van der Waals surface area contributed by atoms with Crippen molar-refractivity contribution >= 4 is 11.8 Å². The Hall–Kier alpha value is -1.44. The van der Waals surface area contributed by atoms with E-state index in [0.717, 1.165) is 18.7 Å². The number of hydrogen-bond acceptors (Lipinski definition) is 2. The second-order valence-corrected chi connectivity index (χ2v) is 5.13. The van der Waals surface area contributed by atoms with Crippen molar-refractivity contribution in [2.45, 2.75) is 32.6 Å². The van der Waals surface area contributed by atoms with Gasteiger partial charge in [0.15, 0.2) is 0 Å². The van der Waals surface area contributed by atoms with Crippen LogP contribution in [0.25, 0.3) is 5.57 Å². The first-order valence-corrected chi connectivity index (χ1v) is 5.72. The molecule has 1 aromatic rings. The third-order valence-corrected chi connectivity index (χ3v) is 2.80. The first-order chi connectivity index (χ1) is 7.59. The van der Waals surface area contributed by atoms with Gasteiger partial charge in [0.1, 0.15) is 0 Å². The van der Waals surface area contributed by atoms with E-state index in [4.69, 9.17) is 0 Å². The average molecular weight is 214 g/mol. The number of dihydropyridines is 1. The minimum atomic E-state index is 0.138. The molecule has 0 bridgehead atoms. The van der Waals surface area contributed by atoms with Crippen LogP contribution in [0.1, 0.15) is 38.4 Å². The van der Waals surface area contributed by atoms with E-state index in [1.165, 1.54) is 11.1 Å². The van der Waals surface area contributed by atoms with Crippen LogP contribution in [-0.2, 0) is 5.41 Å². The number of nitrogens with zero attached hydrogens (tertiary/aromatic N) is 2. The molecule has 0 aromatic carbocycles. The van der Waals surface area contributed by atoms with Crippen molar-refractivity contribution in [2.75, 3.05) is 6.54 Å². The Morgan fingerprint density at radius 2 is 2.06 bits per heavy atom. The van der Waals surface area contributed by atoms with Crippen molar-refractivity contribution in [2.24, 2.45) is 4.99 Å². The summed E-state index contributed by atoms with van der Waals surface area (Å²) >= 11 is 0. The Balaban J connectivity index is 2.44. The first kappa shape index (κ1) is 11.1.